The molecule has 2 unspecified atom stereocenters. The highest BCUT2D eigenvalue weighted by Gasteiger charge is 2.32. The van der Waals surface area contributed by atoms with E-state index in [1.807, 2.05) is 50.6 Å². The van der Waals surface area contributed by atoms with Crippen molar-refractivity contribution in [1.29, 1.82) is 0 Å². The lowest BCUT2D eigenvalue weighted by Gasteiger charge is -2.34. The van der Waals surface area contributed by atoms with Gasteiger partial charge in [-0.1, -0.05) is 17.4 Å². The van der Waals surface area contributed by atoms with Crippen LogP contribution in [0, 0.1) is 0 Å². The van der Waals surface area contributed by atoms with Crippen molar-refractivity contribution in [3.63, 3.8) is 0 Å². The maximum Gasteiger partial charge on any atom is 0.279 e. The molecule has 2 aromatic carbocycles. The van der Waals surface area contributed by atoms with Gasteiger partial charge in [0.2, 0.25) is 10.0 Å². The van der Waals surface area contributed by atoms with Crippen molar-refractivity contribution in [2.75, 3.05) is 19.7 Å². The molecule has 2 atom stereocenters. The van der Waals surface area contributed by atoms with Gasteiger partial charge in [-0.2, -0.15) is 9.30 Å². The van der Waals surface area contributed by atoms with Crippen molar-refractivity contribution >= 4 is 37.5 Å². The lowest BCUT2D eigenvalue weighted by molar-refractivity contribution is -0.0440. The number of carbonyl (C=O) groups excluding carboxylic acids is 1. The van der Waals surface area contributed by atoms with Gasteiger partial charge in [-0.15, -0.1) is 0 Å². The third-order valence-electron chi connectivity index (χ3n) is 5.41. The quantitative estimate of drug-likeness (QED) is 0.549. The van der Waals surface area contributed by atoms with Crippen molar-refractivity contribution in [3.8, 4) is 5.75 Å². The van der Waals surface area contributed by atoms with Crippen LogP contribution in [0.5, 0.6) is 5.75 Å². The maximum absolute atomic E-state index is 13.0. The van der Waals surface area contributed by atoms with Crippen molar-refractivity contribution < 1.29 is 22.7 Å². The summed E-state index contributed by atoms with van der Waals surface area (Å²) >= 11 is 1.39. The Kier molecular flexibility index (Phi) is 6.71. The average Bonchev–Trinajstić information content (AvgIpc) is 3.09. The number of thiazole rings is 1. The summed E-state index contributed by atoms with van der Waals surface area (Å²) in [4.78, 5) is 17.8. The van der Waals surface area contributed by atoms with E-state index in [-0.39, 0.29) is 17.1 Å². The van der Waals surface area contributed by atoms with E-state index >= 15 is 0 Å². The zero-order valence-corrected chi connectivity index (χ0v) is 20.6. The summed E-state index contributed by atoms with van der Waals surface area (Å²) in [6, 6.07) is 11.7. The van der Waals surface area contributed by atoms with E-state index < -0.39 is 15.9 Å². The summed E-state index contributed by atoms with van der Waals surface area (Å²) in [5, 5.41) is 0. The standard InChI is InChI=1S/C23H27N3O5S2/c1-5-30-19-7-6-8-20-21(19)25(4)23(32-20)24-22(27)17-9-11-18(12-10-17)33(28,29)26-13-15(2)31-16(3)14-26/h6-12,15-16H,5,13-14H2,1-4H3. The number of rotatable bonds is 5. The molecule has 1 aliphatic heterocycles. The van der Waals surface area contributed by atoms with Gasteiger partial charge < -0.3 is 14.0 Å². The lowest BCUT2D eigenvalue weighted by atomic mass is 10.2. The molecule has 1 saturated heterocycles. The summed E-state index contributed by atoms with van der Waals surface area (Å²) in [6.07, 6.45) is -0.345. The number of carbonyl (C=O) groups is 1. The molecule has 0 N–H and O–H groups in total. The molecule has 176 valence electrons. The van der Waals surface area contributed by atoms with Crippen LogP contribution in [0.1, 0.15) is 31.1 Å². The molecule has 0 radical (unpaired) electrons. The van der Waals surface area contributed by atoms with E-state index in [0.29, 0.717) is 30.1 Å². The third-order valence-corrected chi connectivity index (χ3v) is 8.35. The number of para-hydroxylation sites is 1. The number of hydrogen-bond donors (Lipinski definition) is 0. The highest BCUT2D eigenvalue weighted by molar-refractivity contribution is 7.89. The number of nitrogens with zero attached hydrogens (tertiary/aromatic N) is 3. The van der Waals surface area contributed by atoms with Gasteiger partial charge in [0.1, 0.15) is 11.3 Å². The molecule has 2 heterocycles. The van der Waals surface area contributed by atoms with Gasteiger partial charge in [-0.05, 0) is 57.2 Å². The fraction of sp³-hybridized carbons (Fsp3) is 0.391. The van der Waals surface area contributed by atoms with Crippen LogP contribution in [0.15, 0.2) is 52.4 Å². The smallest absolute Gasteiger partial charge is 0.279 e. The van der Waals surface area contributed by atoms with Gasteiger partial charge in [0.25, 0.3) is 5.91 Å². The van der Waals surface area contributed by atoms with Crippen LogP contribution in [0.3, 0.4) is 0 Å². The predicted octanol–water partition coefficient (Wildman–Crippen LogP) is 3.18. The molecular formula is C23H27N3O5S2. The minimum Gasteiger partial charge on any atom is -0.492 e. The molecule has 0 aliphatic carbocycles. The first-order valence-electron chi connectivity index (χ1n) is 10.8. The van der Waals surface area contributed by atoms with Crippen molar-refractivity contribution in [2.45, 2.75) is 37.9 Å². The number of sulfonamides is 1. The van der Waals surface area contributed by atoms with Crippen LogP contribution >= 0.6 is 11.3 Å². The third kappa shape index (κ3) is 4.74. The number of aromatic nitrogens is 1. The van der Waals surface area contributed by atoms with E-state index in [4.69, 9.17) is 9.47 Å². The number of amides is 1. The number of benzene rings is 2. The summed E-state index contributed by atoms with van der Waals surface area (Å²) in [5.74, 6) is 0.302. The first-order valence-corrected chi connectivity index (χ1v) is 13.0. The minimum atomic E-state index is -3.67. The number of hydrogen-bond acceptors (Lipinski definition) is 6. The highest BCUT2D eigenvalue weighted by atomic mass is 32.2. The highest BCUT2D eigenvalue weighted by Crippen LogP contribution is 2.27. The van der Waals surface area contributed by atoms with E-state index in [2.05, 4.69) is 4.99 Å². The molecule has 1 aliphatic rings. The fourth-order valence-electron chi connectivity index (χ4n) is 3.94. The monoisotopic (exact) mass is 489 g/mol. The van der Waals surface area contributed by atoms with Gasteiger partial charge in [-0.3, -0.25) is 4.79 Å². The number of fused-ring (bicyclic) bond motifs is 1. The van der Waals surface area contributed by atoms with Crippen molar-refractivity contribution in [1.82, 2.24) is 8.87 Å². The molecule has 4 rings (SSSR count). The van der Waals surface area contributed by atoms with Crippen molar-refractivity contribution in [2.24, 2.45) is 12.0 Å². The first-order chi connectivity index (χ1) is 15.7. The van der Waals surface area contributed by atoms with Crippen LogP contribution in [0.25, 0.3) is 10.2 Å². The van der Waals surface area contributed by atoms with Gasteiger partial charge in [-0.25, -0.2) is 8.42 Å². The minimum absolute atomic E-state index is 0.147. The molecule has 8 nitrogen and oxygen atoms in total. The van der Waals surface area contributed by atoms with Crippen LogP contribution in [0.2, 0.25) is 0 Å². The summed E-state index contributed by atoms with van der Waals surface area (Å²) in [7, 11) is -1.83. The Morgan fingerprint density at radius 1 is 1.15 bits per heavy atom. The number of aryl methyl sites for hydroxylation is 1. The molecule has 1 amide bonds. The second kappa shape index (κ2) is 9.38. The summed E-state index contributed by atoms with van der Waals surface area (Å²) < 4.78 is 41.6. The van der Waals surface area contributed by atoms with Gasteiger partial charge in [0.05, 0.1) is 28.4 Å². The van der Waals surface area contributed by atoms with Crippen LogP contribution in [0.4, 0.5) is 0 Å². The van der Waals surface area contributed by atoms with Crippen molar-refractivity contribution in [3.05, 3.63) is 52.8 Å². The Balaban J connectivity index is 1.61. The molecule has 0 spiro atoms. The van der Waals surface area contributed by atoms with Gasteiger partial charge in [0, 0.05) is 25.7 Å². The topological polar surface area (TPSA) is 90.2 Å². The molecule has 3 aromatic rings. The maximum atomic E-state index is 13.0. The predicted molar refractivity (Wildman–Crippen MR) is 127 cm³/mol. The van der Waals surface area contributed by atoms with E-state index in [0.717, 1.165) is 16.0 Å². The Bertz CT molecular complexity index is 1330. The number of ether oxygens (including phenoxy) is 2. The largest absolute Gasteiger partial charge is 0.492 e. The lowest BCUT2D eigenvalue weighted by Crippen LogP contribution is -2.48. The van der Waals surface area contributed by atoms with Crippen LogP contribution in [-0.4, -0.2) is 55.1 Å². The zero-order valence-electron chi connectivity index (χ0n) is 19.0. The molecule has 1 aromatic heterocycles. The number of morpholine rings is 1. The molecular weight excluding hydrogens is 462 g/mol. The van der Waals surface area contributed by atoms with Crippen LogP contribution < -0.4 is 9.54 Å². The molecule has 0 bridgehead atoms. The first kappa shape index (κ1) is 23.6. The second-order valence-corrected chi connectivity index (χ2v) is 10.9. The Labute approximate surface area is 197 Å². The second-order valence-electron chi connectivity index (χ2n) is 8.00. The fourth-order valence-corrected chi connectivity index (χ4v) is 6.57. The summed E-state index contributed by atoms with van der Waals surface area (Å²) in [5.41, 5.74) is 1.20. The Hall–Kier alpha value is -2.53. The van der Waals surface area contributed by atoms with E-state index in [1.54, 1.807) is 0 Å². The SMILES string of the molecule is CCOc1cccc2sc(=NC(=O)c3ccc(S(=O)(=O)N4CC(C)OC(C)C4)cc3)n(C)c12. The Morgan fingerprint density at radius 3 is 2.45 bits per heavy atom. The average molecular weight is 490 g/mol. The van der Waals surface area contributed by atoms with Crippen LogP contribution in [-0.2, 0) is 21.8 Å². The molecule has 33 heavy (non-hydrogen) atoms. The van der Waals surface area contributed by atoms with Gasteiger partial charge in [0.15, 0.2) is 4.80 Å². The van der Waals surface area contributed by atoms with E-state index in [9.17, 15) is 13.2 Å². The molecule has 0 saturated carbocycles. The zero-order chi connectivity index (χ0) is 23.8. The van der Waals surface area contributed by atoms with E-state index in [1.165, 1.54) is 39.9 Å². The molecule has 1 fully saturated rings. The Morgan fingerprint density at radius 2 is 1.82 bits per heavy atom. The summed E-state index contributed by atoms with van der Waals surface area (Å²) in [6.45, 7) is 6.77. The van der Waals surface area contributed by atoms with Gasteiger partial charge >= 0.3 is 0 Å². The normalized spacial score (nSPS) is 20.3. The molecule has 10 heteroatoms.